The summed E-state index contributed by atoms with van der Waals surface area (Å²) in [5, 5.41) is 15.0. The Morgan fingerprint density at radius 2 is 1.75 bits per heavy atom. The van der Waals surface area contributed by atoms with Gasteiger partial charge in [-0.05, 0) is 0 Å². The summed E-state index contributed by atoms with van der Waals surface area (Å²) >= 11 is 0. The molecule has 0 aliphatic heterocycles. The van der Waals surface area contributed by atoms with Gasteiger partial charge in [0.1, 0.15) is 0 Å². The van der Waals surface area contributed by atoms with Gasteiger partial charge in [0.05, 0.1) is 0 Å². The molecule has 0 aliphatic rings. The van der Waals surface area contributed by atoms with Gasteiger partial charge in [-0.25, -0.2) is 5.26 Å². The maximum Gasteiger partial charge on any atom is 1.00 e. The first-order valence-corrected chi connectivity index (χ1v) is 0.428. The molecule has 2 nitrogen and oxygen atoms in total. The molecule has 4 heavy (non-hydrogen) atoms. The summed E-state index contributed by atoms with van der Waals surface area (Å²) in [6, 6.07) is 0. The number of rotatable bonds is 0. The minimum Gasteiger partial charge on any atom is -0.812 e. The zero-order chi connectivity index (χ0) is 2.71. The van der Waals surface area contributed by atoms with Gasteiger partial charge in [0.2, 0.25) is 0 Å². The SMILES string of the molecule is N#[14C][O-].[K+]. The first-order chi connectivity index (χ1) is 1.41. The van der Waals surface area contributed by atoms with Crippen LogP contribution in [0.4, 0.5) is 0 Å². The van der Waals surface area contributed by atoms with E-state index in [1.54, 1.807) is 0 Å². The van der Waals surface area contributed by atoms with E-state index in [9.17, 15) is 0 Å². The fourth-order valence-electron chi connectivity index (χ4n) is 0. The predicted molar refractivity (Wildman–Crippen MR) is 5.61 cm³/mol. The smallest absolute Gasteiger partial charge is 0.812 e. The molecule has 16 valence electrons. The molecular formula is CKNO. The van der Waals surface area contributed by atoms with E-state index in [1.807, 2.05) is 0 Å². The van der Waals surface area contributed by atoms with E-state index in [1.165, 1.54) is 0 Å². The predicted octanol–water partition coefficient (Wildman–Crippen LogP) is -4.17. The van der Waals surface area contributed by atoms with Crippen LogP contribution in [0.1, 0.15) is 0 Å². The molecule has 0 aliphatic carbocycles. The van der Waals surface area contributed by atoms with E-state index < -0.39 is 0 Å². The van der Waals surface area contributed by atoms with E-state index in [-0.39, 0.29) is 51.4 Å². The second kappa shape index (κ2) is 9.06. The Labute approximate surface area is 66.8 Å². The van der Waals surface area contributed by atoms with Crippen molar-refractivity contribution in [1.29, 1.82) is 5.26 Å². The van der Waals surface area contributed by atoms with Gasteiger partial charge in [-0.15, -0.1) is 0 Å². The van der Waals surface area contributed by atoms with Crippen LogP contribution in [0, 0.1) is 11.5 Å². The van der Waals surface area contributed by atoms with E-state index in [0.29, 0.717) is 6.26 Å². The van der Waals surface area contributed by atoms with Crippen molar-refractivity contribution in [3.05, 3.63) is 0 Å². The van der Waals surface area contributed by atoms with Crippen LogP contribution in [0.15, 0.2) is 0 Å². The van der Waals surface area contributed by atoms with E-state index >= 15 is 0 Å². The van der Waals surface area contributed by atoms with Crippen LogP contribution in [0.3, 0.4) is 0 Å². The van der Waals surface area contributed by atoms with Crippen LogP contribution in [0.2, 0.25) is 0 Å². The van der Waals surface area contributed by atoms with Crippen molar-refractivity contribution in [2.75, 3.05) is 0 Å². The maximum atomic E-state index is 8.24. The molecule has 0 rings (SSSR count). The fraction of sp³-hybridized carbons (Fsp3) is 0. The van der Waals surface area contributed by atoms with Gasteiger partial charge >= 0.3 is 51.4 Å². The molecule has 0 fully saturated rings. The molecule has 0 N–H and O–H groups in total. The normalized spacial score (nSPS) is 1.75. The third kappa shape index (κ3) is 12.7. The average molecular weight is 83.1 g/mol. The summed E-state index contributed by atoms with van der Waals surface area (Å²) in [4.78, 5) is 0. The van der Waals surface area contributed by atoms with Crippen LogP contribution in [-0.4, -0.2) is 0 Å². The summed E-state index contributed by atoms with van der Waals surface area (Å²) in [5.74, 6) is 0. The molecule has 0 saturated carbocycles. The topological polar surface area (TPSA) is 46.8 Å². The third-order valence-corrected chi connectivity index (χ3v) is 0. The van der Waals surface area contributed by atoms with Gasteiger partial charge < -0.3 is 5.11 Å². The summed E-state index contributed by atoms with van der Waals surface area (Å²) in [5.41, 5.74) is 0. The molecule has 0 amide bonds. The minimum absolute atomic E-state index is 0. The van der Waals surface area contributed by atoms with Crippen molar-refractivity contribution < 1.29 is 56.5 Å². The Hall–Kier alpha value is 0.926. The van der Waals surface area contributed by atoms with Crippen molar-refractivity contribution in [2.45, 2.75) is 0 Å². The first kappa shape index (κ1) is 8.87. The molecule has 0 aromatic carbocycles. The van der Waals surface area contributed by atoms with Crippen LogP contribution in [-0.2, 0) is 0 Å². The molecule has 0 unspecified atom stereocenters. The monoisotopic (exact) mass is 83.0 g/mol. The first-order valence-electron chi connectivity index (χ1n) is 0.428. The molecular weight excluding hydrogens is 83.1 g/mol. The van der Waals surface area contributed by atoms with Crippen LogP contribution in [0.25, 0.3) is 0 Å². The quantitative estimate of drug-likeness (QED) is 0.220. The summed E-state index contributed by atoms with van der Waals surface area (Å²) in [7, 11) is 0. The summed E-state index contributed by atoms with van der Waals surface area (Å²) in [6.45, 7) is 0. The number of hydrogen-bond donors (Lipinski definition) is 0. The van der Waals surface area contributed by atoms with Crippen molar-refractivity contribution in [3.63, 3.8) is 0 Å². The van der Waals surface area contributed by atoms with Gasteiger partial charge in [-0.1, -0.05) is 0 Å². The number of hydrogen-bond acceptors (Lipinski definition) is 2. The van der Waals surface area contributed by atoms with Gasteiger partial charge in [0, 0.05) is 6.26 Å². The summed E-state index contributed by atoms with van der Waals surface area (Å²) in [6.07, 6.45) is 0.500. The van der Waals surface area contributed by atoms with E-state index in [2.05, 4.69) is 0 Å². The molecule has 0 atom stereocenters. The Morgan fingerprint density at radius 3 is 1.75 bits per heavy atom. The van der Waals surface area contributed by atoms with Crippen molar-refractivity contribution in [3.8, 4) is 6.26 Å². The largest absolute Gasteiger partial charge is 1.00 e. The van der Waals surface area contributed by atoms with E-state index in [0.717, 1.165) is 0 Å². The van der Waals surface area contributed by atoms with Gasteiger partial charge in [0.25, 0.3) is 0 Å². The fourth-order valence-corrected chi connectivity index (χ4v) is 0. The van der Waals surface area contributed by atoms with Crippen LogP contribution >= 0.6 is 0 Å². The molecule has 3 heteroatoms. The second-order valence-electron chi connectivity index (χ2n) is 0.0913. The third-order valence-electron chi connectivity index (χ3n) is 0. The molecule has 0 saturated heterocycles. The number of nitrogens with zero attached hydrogens (tertiary/aromatic N) is 1. The summed E-state index contributed by atoms with van der Waals surface area (Å²) < 4.78 is 0. The number of nitriles is 1. The molecule has 0 radical (unpaired) electrons. The maximum absolute atomic E-state index is 8.24. The molecule has 0 heterocycles. The Morgan fingerprint density at radius 1 is 1.75 bits per heavy atom. The van der Waals surface area contributed by atoms with Crippen LogP contribution < -0.4 is 56.5 Å². The van der Waals surface area contributed by atoms with E-state index in [4.69, 9.17) is 10.4 Å². The zero-order valence-corrected chi connectivity index (χ0v) is 5.48. The van der Waals surface area contributed by atoms with Gasteiger partial charge in [0.15, 0.2) is 0 Å². The molecule has 0 aromatic rings. The Balaban J connectivity index is 0. The minimum atomic E-state index is 0. The second-order valence-corrected chi connectivity index (χ2v) is 0.0913. The van der Waals surface area contributed by atoms with Gasteiger partial charge in [-0.2, -0.15) is 0 Å². The standard InChI is InChI=1S/CHNO.K/c2-1-3;/h3H;/q;+1/p-1/i1+2;. The van der Waals surface area contributed by atoms with Gasteiger partial charge in [-0.3, -0.25) is 0 Å². The average Bonchev–Trinajstić information content (AvgIpc) is 0.918. The Kier molecular flexibility index (Phi) is 20.1. The molecule has 0 bridgehead atoms. The Bertz CT molecular complexity index is 29.5. The zero-order valence-electron chi connectivity index (χ0n) is 2.36. The van der Waals surface area contributed by atoms with Crippen molar-refractivity contribution in [2.24, 2.45) is 0 Å². The molecule has 0 spiro atoms. The molecule has 0 aromatic heterocycles. The van der Waals surface area contributed by atoms with Crippen molar-refractivity contribution in [1.82, 2.24) is 0 Å². The van der Waals surface area contributed by atoms with Crippen LogP contribution in [0.5, 0.6) is 0 Å². The van der Waals surface area contributed by atoms with Crippen molar-refractivity contribution >= 4 is 0 Å².